The van der Waals surface area contributed by atoms with Crippen LogP contribution in [-0.4, -0.2) is 9.97 Å². The first-order valence-electron chi connectivity index (χ1n) is 4.78. The first kappa shape index (κ1) is 11.3. The zero-order valence-electron chi connectivity index (χ0n) is 8.95. The van der Waals surface area contributed by atoms with Gasteiger partial charge in [-0.15, -0.1) is 0 Å². The van der Waals surface area contributed by atoms with E-state index in [-0.39, 0.29) is 17.4 Å². The van der Waals surface area contributed by atoms with Gasteiger partial charge in [-0.25, -0.2) is 18.7 Å². The Morgan fingerprint density at radius 2 is 2.00 bits per heavy atom. The number of ether oxygens (including phenoxy) is 1. The van der Waals surface area contributed by atoms with Crippen LogP contribution in [-0.2, 0) is 0 Å². The highest BCUT2D eigenvalue weighted by Crippen LogP contribution is 2.25. The molecule has 0 saturated carbocycles. The molecule has 2 aromatic rings. The number of nitrogen functional groups attached to an aromatic ring is 1. The van der Waals surface area contributed by atoms with Gasteiger partial charge in [0.1, 0.15) is 5.82 Å². The van der Waals surface area contributed by atoms with Crippen molar-refractivity contribution in [3.63, 3.8) is 0 Å². The predicted molar refractivity (Wildman–Crippen MR) is 57.6 cm³/mol. The average Bonchev–Trinajstić information content (AvgIpc) is 2.26. The molecule has 0 aliphatic carbocycles. The molecular weight excluding hydrogens is 228 g/mol. The van der Waals surface area contributed by atoms with Crippen LogP contribution in [0.3, 0.4) is 0 Å². The number of anilines is 1. The zero-order chi connectivity index (χ0) is 12.4. The first-order chi connectivity index (χ1) is 8.06. The van der Waals surface area contributed by atoms with Crippen molar-refractivity contribution in [1.29, 1.82) is 0 Å². The van der Waals surface area contributed by atoms with Crippen LogP contribution in [0.5, 0.6) is 11.8 Å². The quantitative estimate of drug-likeness (QED) is 0.815. The summed E-state index contributed by atoms with van der Waals surface area (Å²) in [5.41, 5.74) is 5.59. The van der Waals surface area contributed by atoms with Crippen molar-refractivity contribution in [1.82, 2.24) is 9.97 Å². The minimum Gasteiger partial charge on any atom is -0.421 e. The standard InChI is InChI=1S/C11H9F2N3O/c1-6-2-3-15-11(16-6)17-10-5-7(12)9(14)4-8(10)13/h2-5H,14H2,1H3. The molecule has 0 fully saturated rings. The Bertz CT molecular complexity index is 560. The summed E-state index contributed by atoms with van der Waals surface area (Å²) in [6.07, 6.45) is 1.46. The summed E-state index contributed by atoms with van der Waals surface area (Å²) in [7, 11) is 0. The lowest BCUT2D eigenvalue weighted by Crippen LogP contribution is -1.98. The summed E-state index contributed by atoms with van der Waals surface area (Å²) in [6, 6.07) is 3.32. The highest BCUT2D eigenvalue weighted by Gasteiger charge is 2.11. The fourth-order valence-electron chi connectivity index (χ4n) is 1.20. The number of hydrogen-bond acceptors (Lipinski definition) is 4. The van der Waals surface area contributed by atoms with E-state index in [9.17, 15) is 8.78 Å². The fourth-order valence-corrected chi connectivity index (χ4v) is 1.20. The van der Waals surface area contributed by atoms with Crippen LogP contribution in [0.2, 0.25) is 0 Å². The maximum absolute atomic E-state index is 13.4. The molecule has 0 aliphatic rings. The van der Waals surface area contributed by atoms with Gasteiger partial charge in [0.05, 0.1) is 5.69 Å². The monoisotopic (exact) mass is 237 g/mol. The van der Waals surface area contributed by atoms with E-state index >= 15 is 0 Å². The molecule has 0 saturated heterocycles. The number of benzene rings is 1. The van der Waals surface area contributed by atoms with E-state index < -0.39 is 11.6 Å². The Hall–Kier alpha value is -2.24. The van der Waals surface area contributed by atoms with Gasteiger partial charge in [-0.1, -0.05) is 0 Å². The minimum absolute atomic E-state index is 0.0481. The SMILES string of the molecule is Cc1ccnc(Oc2cc(F)c(N)cc2F)n1. The second kappa shape index (κ2) is 4.32. The Morgan fingerprint density at radius 1 is 1.24 bits per heavy atom. The summed E-state index contributed by atoms with van der Waals surface area (Å²) < 4.78 is 31.6. The molecule has 1 aromatic carbocycles. The van der Waals surface area contributed by atoms with E-state index in [0.29, 0.717) is 5.69 Å². The molecular formula is C11H9F2N3O. The van der Waals surface area contributed by atoms with Crippen LogP contribution in [0, 0.1) is 18.6 Å². The van der Waals surface area contributed by atoms with Crippen LogP contribution in [0.4, 0.5) is 14.5 Å². The lowest BCUT2D eigenvalue weighted by Gasteiger charge is -2.06. The maximum atomic E-state index is 13.4. The van der Waals surface area contributed by atoms with Crippen molar-refractivity contribution >= 4 is 5.69 Å². The Kier molecular flexibility index (Phi) is 2.86. The number of nitrogens with two attached hydrogens (primary N) is 1. The van der Waals surface area contributed by atoms with Crippen molar-refractivity contribution in [2.75, 3.05) is 5.73 Å². The zero-order valence-corrected chi connectivity index (χ0v) is 8.95. The number of halogens is 2. The second-order valence-corrected chi connectivity index (χ2v) is 3.39. The third-order valence-electron chi connectivity index (χ3n) is 2.03. The third-order valence-corrected chi connectivity index (χ3v) is 2.03. The van der Waals surface area contributed by atoms with Gasteiger partial charge in [0.2, 0.25) is 0 Å². The van der Waals surface area contributed by atoms with Crippen LogP contribution in [0.15, 0.2) is 24.4 Å². The smallest absolute Gasteiger partial charge is 0.322 e. The van der Waals surface area contributed by atoms with Gasteiger partial charge in [-0.05, 0) is 13.0 Å². The topological polar surface area (TPSA) is 61.0 Å². The minimum atomic E-state index is -0.769. The predicted octanol–water partition coefficient (Wildman–Crippen LogP) is 2.44. The number of hydrogen-bond donors (Lipinski definition) is 1. The molecule has 2 rings (SSSR count). The fraction of sp³-hybridized carbons (Fsp3) is 0.0909. The van der Waals surface area contributed by atoms with Gasteiger partial charge in [-0.2, -0.15) is 0 Å². The molecule has 17 heavy (non-hydrogen) atoms. The van der Waals surface area contributed by atoms with E-state index in [1.54, 1.807) is 13.0 Å². The average molecular weight is 237 g/mol. The van der Waals surface area contributed by atoms with Crippen LogP contribution < -0.4 is 10.5 Å². The molecule has 4 nitrogen and oxygen atoms in total. The van der Waals surface area contributed by atoms with E-state index in [1.165, 1.54) is 6.20 Å². The molecule has 0 atom stereocenters. The molecule has 1 heterocycles. The third kappa shape index (κ3) is 2.47. The summed E-state index contributed by atoms with van der Waals surface area (Å²) in [4.78, 5) is 7.68. The lowest BCUT2D eigenvalue weighted by molar-refractivity contribution is 0.406. The van der Waals surface area contributed by atoms with Crippen molar-refractivity contribution < 1.29 is 13.5 Å². The Labute approximate surface area is 96.1 Å². The number of rotatable bonds is 2. The highest BCUT2D eigenvalue weighted by atomic mass is 19.1. The second-order valence-electron chi connectivity index (χ2n) is 3.39. The van der Waals surface area contributed by atoms with E-state index in [0.717, 1.165) is 12.1 Å². The summed E-state index contributed by atoms with van der Waals surface area (Å²) >= 11 is 0. The molecule has 0 radical (unpaired) electrons. The molecule has 0 spiro atoms. The molecule has 0 unspecified atom stereocenters. The maximum Gasteiger partial charge on any atom is 0.322 e. The Balaban J connectivity index is 2.33. The lowest BCUT2D eigenvalue weighted by atomic mass is 10.3. The van der Waals surface area contributed by atoms with E-state index in [1.807, 2.05) is 0 Å². The first-order valence-corrected chi connectivity index (χ1v) is 4.78. The normalized spacial score (nSPS) is 10.3. The van der Waals surface area contributed by atoms with Gasteiger partial charge >= 0.3 is 6.01 Å². The van der Waals surface area contributed by atoms with Crippen LogP contribution in [0.1, 0.15) is 5.69 Å². The largest absolute Gasteiger partial charge is 0.421 e. The summed E-state index contributed by atoms with van der Waals surface area (Å²) in [6.45, 7) is 1.73. The molecule has 1 aromatic heterocycles. The van der Waals surface area contributed by atoms with Crippen molar-refractivity contribution in [2.24, 2.45) is 0 Å². The van der Waals surface area contributed by atoms with E-state index in [4.69, 9.17) is 10.5 Å². The molecule has 0 amide bonds. The van der Waals surface area contributed by atoms with Crippen molar-refractivity contribution in [3.05, 3.63) is 41.7 Å². The van der Waals surface area contributed by atoms with Gasteiger partial charge in [-0.3, -0.25) is 0 Å². The van der Waals surface area contributed by atoms with Crippen LogP contribution in [0.25, 0.3) is 0 Å². The molecule has 2 N–H and O–H groups in total. The Morgan fingerprint density at radius 3 is 2.71 bits per heavy atom. The van der Waals surface area contributed by atoms with Crippen molar-refractivity contribution in [3.8, 4) is 11.8 Å². The van der Waals surface area contributed by atoms with Gasteiger partial charge in [0.15, 0.2) is 11.6 Å². The number of aryl methyl sites for hydroxylation is 1. The van der Waals surface area contributed by atoms with Gasteiger partial charge in [0, 0.05) is 24.0 Å². The van der Waals surface area contributed by atoms with Gasteiger partial charge < -0.3 is 10.5 Å². The van der Waals surface area contributed by atoms with Crippen LogP contribution >= 0.6 is 0 Å². The molecule has 88 valence electrons. The summed E-state index contributed by atoms with van der Waals surface area (Å²) in [5.74, 6) is -1.83. The molecule has 6 heteroatoms. The van der Waals surface area contributed by atoms with E-state index in [2.05, 4.69) is 9.97 Å². The summed E-state index contributed by atoms with van der Waals surface area (Å²) in [5, 5.41) is 0. The number of aromatic nitrogens is 2. The van der Waals surface area contributed by atoms with Gasteiger partial charge in [0.25, 0.3) is 0 Å². The van der Waals surface area contributed by atoms with Crippen molar-refractivity contribution in [2.45, 2.75) is 6.92 Å². The number of nitrogens with zero attached hydrogens (tertiary/aromatic N) is 2. The molecule has 0 aliphatic heterocycles. The highest BCUT2D eigenvalue weighted by molar-refractivity contribution is 5.45. The molecule has 0 bridgehead atoms.